The number of benzene rings is 1. The van der Waals surface area contributed by atoms with Crippen molar-refractivity contribution in [3.63, 3.8) is 0 Å². The summed E-state index contributed by atoms with van der Waals surface area (Å²) in [5, 5.41) is 13.8. The Morgan fingerprint density at radius 2 is 2.05 bits per heavy atom. The fourth-order valence-electron chi connectivity index (χ4n) is 1.85. The quantitative estimate of drug-likeness (QED) is 0.796. The van der Waals surface area contributed by atoms with Gasteiger partial charge in [0, 0.05) is 6.20 Å². The Kier molecular flexibility index (Phi) is 3.27. The number of aryl methyl sites for hydroxylation is 1. The van der Waals surface area contributed by atoms with Crippen LogP contribution in [0.15, 0.2) is 41.1 Å². The highest BCUT2D eigenvalue weighted by Gasteiger charge is 2.15. The van der Waals surface area contributed by atoms with Gasteiger partial charge in [0.25, 0.3) is 5.89 Å². The summed E-state index contributed by atoms with van der Waals surface area (Å²) in [6.07, 6.45) is 1.73. The highest BCUT2D eigenvalue weighted by atomic mass is 16.5. The van der Waals surface area contributed by atoms with Crippen LogP contribution >= 0.6 is 0 Å². The zero-order valence-electron chi connectivity index (χ0n) is 11.6. The van der Waals surface area contributed by atoms with Crippen LogP contribution in [0, 0.1) is 6.92 Å². The van der Waals surface area contributed by atoms with E-state index in [1.807, 2.05) is 19.1 Å². The summed E-state index contributed by atoms with van der Waals surface area (Å²) in [5.74, 6) is 1.22. The van der Waals surface area contributed by atoms with Crippen molar-refractivity contribution < 1.29 is 14.4 Å². The monoisotopic (exact) mass is 283 g/mol. The van der Waals surface area contributed by atoms with Gasteiger partial charge in [0.1, 0.15) is 17.2 Å². The summed E-state index contributed by atoms with van der Waals surface area (Å²) in [7, 11) is 1.55. The van der Waals surface area contributed by atoms with Gasteiger partial charge in [-0.3, -0.25) is 4.98 Å². The molecule has 0 bridgehead atoms. The maximum atomic E-state index is 9.90. The normalized spacial score (nSPS) is 10.6. The molecule has 0 spiro atoms. The fraction of sp³-hybridized carbons (Fsp3) is 0.133. The van der Waals surface area contributed by atoms with E-state index in [4.69, 9.17) is 9.26 Å². The van der Waals surface area contributed by atoms with Gasteiger partial charge in [-0.1, -0.05) is 11.2 Å². The second-order valence-electron chi connectivity index (χ2n) is 4.53. The maximum Gasteiger partial charge on any atom is 0.262 e. The van der Waals surface area contributed by atoms with Crippen LogP contribution in [0.4, 0.5) is 0 Å². The molecule has 0 aliphatic rings. The molecule has 0 fully saturated rings. The molecule has 0 aliphatic carbocycles. The van der Waals surface area contributed by atoms with Crippen molar-refractivity contribution in [1.82, 2.24) is 15.1 Å². The predicted molar refractivity (Wildman–Crippen MR) is 75.9 cm³/mol. The molecule has 0 aliphatic heterocycles. The van der Waals surface area contributed by atoms with E-state index < -0.39 is 0 Å². The molecule has 0 saturated heterocycles. The molecule has 21 heavy (non-hydrogen) atoms. The molecular formula is C15H13N3O3. The minimum atomic E-state index is 0.0443. The molecule has 0 atom stereocenters. The number of ether oxygens (including phenoxy) is 1. The van der Waals surface area contributed by atoms with E-state index in [2.05, 4.69) is 15.1 Å². The molecule has 0 amide bonds. The van der Waals surface area contributed by atoms with Crippen LogP contribution in [0.1, 0.15) is 5.56 Å². The van der Waals surface area contributed by atoms with Crippen molar-refractivity contribution >= 4 is 0 Å². The number of pyridine rings is 1. The number of methoxy groups -OCH3 is 1. The van der Waals surface area contributed by atoms with Crippen molar-refractivity contribution in [2.45, 2.75) is 6.92 Å². The summed E-state index contributed by atoms with van der Waals surface area (Å²) in [6, 6.07) is 8.53. The highest BCUT2D eigenvalue weighted by molar-refractivity contribution is 5.66. The van der Waals surface area contributed by atoms with Crippen LogP contribution in [-0.4, -0.2) is 27.3 Å². The van der Waals surface area contributed by atoms with Gasteiger partial charge in [-0.05, 0) is 36.8 Å². The summed E-state index contributed by atoms with van der Waals surface area (Å²) in [4.78, 5) is 8.50. The number of hydrogen-bond donors (Lipinski definition) is 1. The average molecular weight is 283 g/mol. The summed E-state index contributed by atoms with van der Waals surface area (Å²) < 4.78 is 10.3. The third kappa shape index (κ3) is 2.55. The molecule has 2 aromatic heterocycles. The number of aromatic nitrogens is 3. The van der Waals surface area contributed by atoms with Crippen LogP contribution in [-0.2, 0) is 0 Å². The molecule has 106 valence electrons. The second-order valence-corrected chi connectivity index (χ2v) is 4.53. The van der Waals surface area contributed by atoms with E-state index in [-0.39, 0.29) is 11.6 Å². The van der Waals surface area contributed by atoms with Gasteiger partial charge in [0.05, 0.1) is 12.7 Å². The van der Waals surface area contributed by atoms with Crippen molar-refractivity contribution in [2.75, 3.05) is 7.11 Å². The van der Waals surface area contributed by atoms with Crippen LogP contribution < -0.4 is 4.74 Å². The second kappa shape index (κ2) is 5.24. The third-order valence-electron chi connectivity index (χ3n) is 3.00. The first-order valence-corrected chi connectivity index (χ1v) is 6.31. The topological polar surface area (TPSA) is 81.3 Å². The Labute approximate surface area is 121 Å². The molecule has 0 saturated carbocycles. The van der Waals surface area contributed by atoms with Gasteiger partial charge >= 0.3 is 0 Å². The maximum absolute atomic E-state index is 9.90. The van der Waals surface area contributed by atoms with Gasteiger partial charge in [0.2, 0.25) is 5.82 Å². The molecule has 2 heterocycles. The van der Waals surface area contributed by atoms with Crippen LogP contribution in [0.2, 0.25) is 0 Å². The Morgan fingerprint density at radius 1 is 1.19 bits per heavy atom. The van der Waals surface area contributed by atoms with Crippen LogP contribution in [0.3, 0.4) is 0 Å². The third-order valence-corrected chi connectivity index (χ3v) is 3.00. The lowest BCUT2D eigenvalue weighted by Gasteiger charge is -2.02. The van der Waals surface area contributed by atoms with Gasteiger partial charge in [-0.25, -0.2) is 0 Å². The lowest BCUT2D eigenvalue weighted by atomic mass is 10.2. The summed E-state index contributed by atoms with van der Waals surface area (Å²) in [6.45, 7) is 1.95. The molecule has 3 aromatic rings. The standard InChI is InChI=1S/C15H13N3O3/c1-9-3-5-12(16-8-9)14-17-15(21-18-14)11-7-10(20-2)4-6-13(11)19/h3-8,19H,1-2H3. The first-order valence-electron chi connectivity index (χ1n) is 6.31. The molecule has 6 heteroatoms. The Bertz CT molecular complexity index is 766. The number of rotatable bonds is 3. The predicted octanol–water partition coefficient (Wildman–Crippen LogP) is 2.82. The SMILES string of the molecule is COc1ccc(O)c(-c2nc(-c3ccc(C)cn3)no2)c1. The fourth-order valence-corrected chi connectivity index (χ4v) is 1.85. The van der Waals surface area contributed by atoms with Crippen LogP contribution in [0.5, 0.6) is 11.5 Å². The first kappa shape index (κ1) is 13.1. The van der Waals surface area contributed by atoms with Gasteiger partial charge < -0.3 is 14.4 Å². The molecule has 3 rings (SSSR count). The number of hydrogen-bond acceptors (Lipinski definition) is 6. The summed E-state index contributed by atoms with van der Waals surface area (Å²) in [5.41, 5.74) is 2.08. The highest BCUT2D eigenvalue weighted by Crippen LogP contribution is 2.32. The van der Waals surface area contributed by atoms with E-state index in [9.17, 15) is 5.11 Å². The number of phenols is 1. The molecule has 1 aromatic carbocycles. The Balaban J connectivity index is 2.00. The molecule has 6 nitrogen and oxygen atoms in total. The number of nitrogens with zero attached hydrogens (tertiary/aromatic N) is 3. The molecule has 0 radical (unpaired) electrons. The Morgan fingerprint density at radius 3 is 2.76 bits per heavy atom. The Hall–Kier alpha value is -2.89. The zero-order valence-corrected chi connectivity index (χ0v) is 11.6. The van der Waals surface area contributed by atoms with Crippen molar-refractivity contribution in [2.24, 2.45) is 0 Å². The van der Waals surface area contributed by atoms with E-state index in [0.717, 1.165) is 5.56 Å². The van der Waals surface area contributed by atoms with Crippen molar-refractivity contribution in [3.05, 3.63) is 42.1 Å². The van der Waals surface area contributed by atoms with E-state index in [1.165, 1.54) is 6.07 Å². The number of phenolic OH excluding ortho intramolecular Hbond substituents is 1. The average Bonchev–Trinajstić information content (AvgIpc) is 2.98. The minimum Gasteiger partial charge on any atom is -0.507 e. The van der Waals surface area contributed by atoms with Gasteiger partial charge in [-0.15, -0.1) is 0 Å². The smallest absolute Gasteiger partial charge is 0.262 e. The molecule has 1 N–H and O–H groups in total. The van der Waals surface area contributed by atoms with E-state index in [1.54, 1.807) is 25.4 Å². The van der Waals surface area contributed by atoms with E-state index in [0.29, 0.717) is 22.8 Å². The van der Waals surface area contributed by atoms with Crippen molar-refractivity contribution in [3.8, 4) is 34.5 Å². The molecular weight excluding hydrogens is 270 g/mol. The summed E-state index contributed by atoms with van der Waals surface area (Å²) >= 11 is 0. The van der Waals surface area contributed by atoms with Crippen LogP contribution in [0.25, 0.3) is 23.0 Å². The number of aromatic hydroxyl groups is 1. The van der Waals surface area contributed by atoms with Gasteiger partial charge in [0.15, 0.2) is 0 Å². The first-order chi connectivity index (χ1) is 10.2. The van der Waals surface area contributed by atoms with Gasteiger partial charge in [-0.2, -0.15) is 4.98 Å². The minimum absolute atomic E-state index is 0.0443. The zero-order chi connectivity index (χ0) is 14.8. The lowest BCUT2D eigenvalue weighted by molar-refractivity contribution is 0.408. The van der Waals surface area contributed by atoms with E-state index >= 15 is 0 Å². The molecule has 0 unspecified atom stereocenters. The lowest BCUT2D eigenvalue weighted by Crippen LogP contribution is -1.87. The van der Waals surface area contributed by atoms with Crippen molar-refractivity contribution in [1.29, 1.82) is 0 Å². The largest absolute Gasteiger partial charge is 0.507 e.